The van der Waals surface area contributed by atoms with Crippen LogP contribution in [0.25, 0.3) is 0 Å². The van der Waals surface area contributed by atoms with E-state index in [-0.39, 0.29) is 11.7 Å². The standard InChI is InChI=1S/C15H28N4O6S/c1-6(2)11(14(23)17-7(3)15(24)25)19-12(21)9(5-26)18-13(22)10(16)8(4)20/h6-11,20,26H,5,16H2,1-4H3,(H,17,23)(H,18,22)(H,19,21)(H,24,25). The number of carboxylic acids is 1. The summed E-state index contributed by atoms with van der Waals surface area (Å²) < 4.78 is 0. The highest BCUT2D eigenvalue weighted by molar-refractivity contribution is 7.80. The van der Waals surface area contributed by atoms with Crippen LogP contribution in [0.5, 0.6) is 0 Å². The molecule has 7 N–H and O–H groups in total. The molecule has 11 heteroatoms. The molecule has 0 aliphatic carbocycles. The predicted octanol–water partition coefficient (Wildman–Crippen LogP) is -2.16. The summed E-state index contributed by atoms with van der Waals surface area (Å²) in [7, 11) is 0. The number of nitrogens with two attached hydrogens (primary N) is 1. The number of carbonyl (C=O) groups is 4. The fourth-order valence-corrected chi connectivity index (χ4v) is 2.09. The Morgan fingerprint density at radius 3 is 1.88 bits per heavy atom. The maximum atomic E-state index is 12.4. The summed E-state index contributed by atoms with van der Waals surface area (Å²) in [4.78, 5) is 47.3. The van der Waals surface area contributed by atoms with Gasteiger partial charge in [-0.05, 0) is 19.8 Å². The van der Waals surface area contributed by atoms with E-state index in [0.717, 1.165) is 0 Å². The lowest BCUT2D eigenvalue weighted by Crippen LogP contribution is -2.59. The molecular weight excluding hydrogens is 364 g/mol. The minimum absolute atomic E-state index is 0.0674. The van der Waals surface area contributed by atoms with E-state index in [2.05, 4.69) is 28.6 Å². The molecule has 0 aromatic carbocycles. The van der Waals surface area contributed by atoms with Crippen LogP contribution >= 0.6 is 12.6 Å². The van der Waals surface area contributed by atoms with Crippen molar-refractivity contribution in [2.75, 3.05) is 5.75 Å². The third-order valence-corrected chi connectivity index (χ3v) is 3.98. The number of thiol groups is 1. The van der Waals surface area contributed by atoms with Crippen molar-refractivity contribution in [1.82, 2.24) is 16.0 Å². The monoisotopic (exact) mass is 392 g/mol. The smallest absolute Gasteiger partial charge is 0.325 e. The van der Waals surface area contributed by atoms with E-state index in [9.17, 15) is 24.3 Å². The van der Waals surface area contributed by atoms with Crippen LogP contribution in [0.15, 0.2) is 0 Å². The molecule has 0 aromatic rings. The Bertz CT molecular complexity index is 528. The Hall–Kier alpha value is -1.85. The van der Waals surface area contributed by atoms with Crippen molar-refractivity contribution in [2.24, 2.45) is 11.7 Å². The van der Waals surface area contributed by atoms with Gasteiger partial charge < -0.3 is 31.9 Å². The SMILES string of the molecule is CC(NC(=O)C(NC(=O)C(CS)NC(=O)C(N)C(C)O)C(C)C)C(=O)O. The fraction of sp³-hybridized carbons (Fsp3) is 0.733. The lowest BCUT2D eigenvalue weighted by molar-refractivity contribution is -0.142. The molecule has 0 radical (unpaired) electrons. The summed E-state index contributed by atoms with van der Waals surface area (Å²) in [6.07, 6.45) is -1.11. The van der Waals surface area contributed by atoms with Crippen molar-refractivity contribution in [2.45, 2.75) is 58.0 Å². The average Bonchev–Trinajstić information content (AvgIpc) is 2.55. The van der Waals surface area contributed by atoms with Crippen LogP contribution < -0.4 is 21.7 Å². The topological polar surface area (TPSA) is 171 Å². The molecule has 5 unspecified atom stereocenters. The first-order valence-corrected chi connectivity index (χ1v) is 8.74. The molecule has 0 aromatic heterocycles. The number of aliphatic carboxylic acids is 1. The van der Waals surface area contributed by atoms with Crippen LogP contribution in [0, 0.1) is 5.92 Å². The van der Waals surface area contributed by atoms with Crippen molar-refractivity contribution in [1.29, 1.82) is 0 Å². The Balaban J connectivity index is 5.03. The first-order chi connectivity index (χ1) is 11.9. The van der Waals surface area contributed by atoms with Crippen molar-refractivity contribution in [3.8, 4) is 0 Å². The minimum atomic E-state index is -1.22. The van der Waals surface area contributed by atoms with Gasteiger partial charge in [0.1, 0.15) is 24.2 Å². The number of aliphatic hydroxyl groups excluding tert-OH is 1. The van der Waals surface area contributed by atoms with Crippen LogP contribution in [0.3, 0.4) is 0 Å². The van der Waals surface area contributed by atoms with E-state index >= 15 is 0 Å². The molecule has 0 fully saturated rings. The molecule has 0 spiro atoms. The maximum Gasteiger partial charge on any atom is 0.325 e. The lowest BCUT2D eigenvalue weighted by atomic mass is 10.0. The molecular formula is C15H28N4O6S. The van der Waals surface area contributed by atoms with Gasteiger partial charge in [0.05, 0.1) is 6.10 Å². The number of carboxylic acid groups (broad SMARTS) is 1. The molecule has 10 nitrogen and oxygen atoms in total. The van der Waals surface area contributed by atoms with Crippen molar-refractivity contribution >= 4 is 36.3 Å². The molecule has 0 saturated carbocycles. The number of amides is 3. The van der Waals surface area contributed by atoms with Gasteiger partial charge in [-0.25, -0.2) is 0 Å². The molecule has 150 valence electrons. The highest BCUT2D eigenvalue weighted by Crippen LogP contribution is 2.04. The maximum absolute atomic E-state index is 12.4. The van der Waals surface area contributed by atoms with E-state index in [0.29, 0.717) is 0 Å². The van der Waals surface area contributed by atoms with Gasteiger partial charge >= 0.3 is 5.97 Å². The zero-order valence-corrected chi connectivity index (χ0v) is 16.1. The summed E-state index contributed by atoms with van der Waals surface area (Å²) in [6, 6.07) is -4.42. The van der Waals surface area contributed by atoms with Crippen LogP contribution in [0.4, 0.5) is 0 Å². The molecule has 0 saturated heterocycles. The molecule has 0 bridgehead atoms. The summed E-state index contributed by atoms with van der Waals surface area (Å²) in [6.45, 7) is 5.98. The zero-order chi connectivity index (χ0) is 20.6. The number of aliphatic hydroxyl groups is 1. The van der Waals surface area contributed by atoms with Crippen molar-refractivity contribution < 1.29 is 29.4 Å². The Morgan fingerprint density at radius 1 is 0.962 bits per heavy atom. The molecule has 0 aliphatic heterocycles. The molecule has 26 heavy (non-hydrogen) atoms. The third kappa shape index (κ3) is 7.58. The van der Waals surface area contributed by atoms with Gasteiger partial charge in [-0.3, -0.25) is 19.2 Å². The van der Waals surface area contributed by atoms with Gasteiger partial charge in [0, 0.05) is 5.75 Å². The third-order valence-electron chi connectivity index (χ3n) is 3.61. The highest BCUT2D eigenvalue weighted by atomic mass is 32.1. The van der Waals surface area contributed by atoms with Gasteiger partial charge in [-0.15, -0.1) is 0 Å². The fourth-order valence-electron chi connectivity index (χ4n) is 1.83. The summed E-state index contributed by atoms with van der Waals surface area (Å²) >= 11 is 4.00. The Kier molecular flexibility index (Phi) is 10.2. The van der Waals surface area contributed by atoms with Gasteiger partial charge in [0.25, 0.3) is 0 Å². The first kappa shape index (κ1) is 24.1. The molecule has 5 atom stereocenters. The second kappa shape index (κ2) is 11.0. The number of hydrogen-bond acceptors (Lipinski definition) is 7. The van der Waals surface area contributed by atoms with Crippen LogP contribution in [-0.2, 0) is 19.2 Å². The Morgan fingerprint density at radius 2 is 1.50 bits per heavy atom. The molecule has 0 rings (SSSR count). The number of carbonyl (C=O) groups excluding carboxylic acids is 3. The zero-order valence-electron chi connectivity index (χ0n) is 15.2. The van der Waals surface area contributed by atoms with E-state index in [1.807, 2.05) is 0 Å². The van der Waals surface area contributed by atoms with Crippen molar-refractivity contribution in [3.05, 3.63) is 0 Å². The van der Waals surface area contributed by atoms with E-state index in [1.165, 1.54) is 13.8 Å². The van der Waals surface area contributed by atoms with Gasteiger partial charge in [-0.1, -0.05) is 13.8 Å². The first-order valence-electron chi connectivity index (χ1n) is 8.10. The second-order valence-corrected chi connectivity index (χ2v) is 6.67. The molecule has 0 heterocycles. The number of rotatable bonds is 10. The summed E-state index contributed by atoms with van der Waals surface area (Å²) in [5, 5.41) is 25.3. The van der Waals surface area contributed by atoms with Crippen LogP contribution in [-0.4, -0.2) is 69.9 Å². The Labute approximate surface area is 157 Å². The minimum Gasteiger partial charge on any atom is -0.480 e. The van der Waals surface area contributed by atoms with Gasteiger partial charge in [0.2, 0.25) is 17.7 Å². The molecule has 3 amide bonds. The number of nitrogens with one attached hydrogen (secondary N) is 3. The summed E-state index contributed by atoms with van der Waals surface area (Å²) in [5.41, 5.74) is 5.51. The second-order valence-electron chi connectivity index (χ2n) is 6.31. The van der Waals surface area contributed by atoms with Crippen molar-refractivity contribution in [3.63, 3.8) is 0 Å². The number of hydrogen-bond donors (Lipinski definition) is 7. The van der Waals surface area contributed by atoms with E-state index < -0.39 is 54.0 Å². The highest BCUT2D eigenvalue weighted by Gasteiger charge is 2.31. The largest absolute Gasteiger partial charge is 0.480 e. The van der Waals surface area contributed by atoms with Gasteiger partial charge in [0.15, 0.2) is 0 Å². The van der Waals surface area contributed by atoms with Crippen LogP contribution in [0.2, 0.25) is 0 Å². The normalized spacial score (nSPS) is 16.8. The van der Waals surface area contributed by atoms with Gasteiger partial charge in [-0.2, -0.15) is 12.6 Å². The van der Waals surface area contributed by atoms with E-state index in [1.54, 1.807) is 13.8 Å². The van der Waals surface area contributed by atoms with Crippen LogP contribution in [0.1, 0.15) is 27.7 Å². The summed E-state index contributed by atoms with van der Waals surface area (Å²) in [5.74, 6) is -3.69. The van der Waals surface area contributed by atoms with E-state index in [4.69, 9.17) is 10.8 Å². The quantitative estimate of drug-likeness (QED) is 0.207. The predicted molar refractivity (Wildman–Crippen MR) is 97.4 cm³/mol. The molecule has 0 aliphatic rings. The lowest BCUT2D eigenvalue weighted by Gasteiger charge is -2.26. The average molecular weight is 392 g/mol.